The third-order valence-corrected chi connectivity index (χ3v) is 7.27. The number of nitrogens with one attached hydrogen (secondary N) is 1. The molecule has 1 rings (SSSR count). The van der Waals surface area contributed by atoms with Gasteiger partial charge in [-0.15, -0.1) is 0 Å². The van der Waals surface area contributed by atoms with Crippen molar-refractivity contribution in [1.29, 1.82) is 0 Å². The van der Waals surface area contributed by atoms with E-state index in [0.717, 1.165) is 50.0 Å². The third-order valence-electron chi connectivity index (χ3n) is 7.27. The number of methoxy groups -OCH3 is 2. The van der Waals surface area contributed by atoms with Gasteiger partial charge in [0.1, 0.15) is 0 Å². The fraction of sp³-hybridized carbons (Fsp3) is 0.733. The van der Waals surface area contributed by atoms with Crippen LogP contribution in [0.15, 0.2) is 18.2 Å². The predicted molar refractivity (Wildman–Crippen MR) is 150 cm³/mol. The zero-order valence-electron chi connectivity index (χ0n) is 24.5. The summed E-state index contributed by atoms with van der Waals surface area (Å²) < 4.78 is 16.6. The Morgan fingerprint density at radius 3 is 2.19 bits per heavy atom. The first-order chi connectivity index (χ1) is 17.4. The summed E-state index contributed by atoms with van der Waals surface area (Å²) in [5.41, 5.74) is 5.94. The molecule has 0 aromatic heterocycles. The van der Waals surface area contributed by atoms with E-state index in [0.29, 0.717) is 25.0 Å². The van der Waals surface area contributed by atoms with Gasteiger partial charge in [0.15, 0.2) is 11.5 Å². The van der Waals surface area contributed by atoms with E-state index in [2.05, 4.69) is 45.1 Å². The fourth-order valence-electron chi connectivity index (χ4n) is 4.38. The van der Waals surface area contributed by atoms with Crippen molar-refractivity contribution in [2.24, 2.45) is 34.8 Å². The largest absolute Gasteiger partial charge is 0.493 e. The first-order valence-electron chi connectivity index (χ1n) is 13.8. The number of unbranched alkanes of at least 4 members (excludes halogenated alkanes) is 1. The van der Waals surface area contributed by atoms with Crippen LogP contribution in [0.25, 0.3) is 0 Å². The van der Waals surface area contributed by atoms with Crippen LogP contribution in [-0.4, -0.2) is 45.8 Å². The van der Waals surface area contributed by atoms with Crippen LogP contribution >= 0.6 is 0 Å². The lowest BCUT2D eigenvalue weighted by molar-refractivity contribution is -0.129. The summed E-state index contributed by atoms with van der Waals surface area (Å²) in [6.45, 7) is 13.8. The second-order valence-corrected chi connectivity index (χ2v) is 11.5. The second-order valence-electron chi connectivity index (χ2n) is 11.5. The molecule has 0 saturated carbocycles. The SMILES string of the molecule is COCCCOc1cc(CC(CCCCC(C(=O)NCC(C)(C)C(N)=O)C(C)C)C(C)C)ccc1OC. The minimum Gasteiger partial charge on any atom is -0.493 e. The molecule has 0 aliphatic carbocycles. The van der Waals surface area contributed by atoms with Crippen molar-refractivity contribution < 1.29 is 23.8 Å². The van der Waals surface area contributed by atoms with Gasteiger partial charge in [0.25, 0.3) is 0 Å². The van der Waals surface area contributed by atoms with E-state index in [1.54, 1.807) is 28.1 Å². The Balaban J connectivity index is 2.67. The van der Waals surface area contributed by atoms with Crippen LogP contribution in [0, 0.1) is 29.1 Å². The molecule has 212 valence electrons. The molecule has 2 unspecified atom stereocenters. The summed E-state index contributed by atoms with van der Waals surface area (Å²) in [5, 5.41) is 2.95. The van der Waals surface area contributed by atoms with Gasteiger partial charge in [-0.3, -0.25) is 9.59 Å². The van der Waals surface area contributed by atoms with E-state index in [9.17, 15) is 9.59 Å². The molecule has 3 N–H and O–H groups in total. The maximum Gasteiger partial charge on any atom is 0.224 e. The molecule has 0 saturated heterocycles. The molecule has 0 aliphatic heterocycles. The van der Waals surface area contributed by atoms with Gasteiger partial charge in [0.05, 0.1) is 19.1 Å². The smallest absolute Gasteiger partial charge is 0.224 e. The minimum atomic E-state index is -0.752. The van der Waals surface area contributed by atoms with Gasteiger partial charge in [-0.2, -0.15) is 0 Å². The molecule has 0 aliphatic rings. The summed E-state index contributed by atoms with van der Waals surface area (Å²) in [6, 6.07) is 6.22. The quantitative estimate of drug-likeness (QED) is 0.238. The highest BCUT2D eigenvalue weighted by atomic mass is 16.5. The van der Waals surface area contributed by atoms with Gasteiger partial charge >= 0.3 is 0 Å². The van der Waals surface area contributed by atoms with Crippen molar-refractivity contribution in [3.05, 3.63) is 23.8 Å². The van der Waals surface area contributed by atoms with Crippen LogP contribution in [0.5, 0.6) is 11.5 Å². The minimum absolute atomic E-state index is 0.0148. The Labute approximate surface area is 225 Å². The molecule has 7 nitrogen and oxygen atoms in total. The number of nitrogens with two attached hydrogens (primary N) is 1. The third kappa shape index (κ3) is 11.8. The summed E-state index contributed by atoms with van der Waals surface area (Å²) >= 11 is 0. The van der Waals surface area contributed by atoms with Gasteiger partial charge in [0.2, 0.25) is 11.8 Å². The maximum atomic E-state index is 12.8. The molecule has 37 heavy (non-hydrogen) atoms. The van der Waals surface area contributed by atoms with Gasteiger partial charge in [-0.05, 0) is 68.6 Å². The van der Waals surface area contributed by atoms with Crippen LogP contribution in [0.2, 0.25) is 0 Å². The number of hydrogen-bond acceptors (Lipinski definition) is 5. The Hall–Kier alpha value is -2.28. The number of benzene rings is 1. The summed E-state index contributed by atoms with van der Waals surface area (Å²) in [7, 11) is 3.36. The molecule has 2 atom stereocenters. The van der Waals surface area contributed by atoms with Gasteiger partial charge in [-0.25, -0.2) is 0 Å². The fourth-order valence-corrected chi connectivity index (χ4v) is 4.38. The number of amides is 2. The second kappa shape index (κ2) is 16.5. The van der Waals surface area contributed by atoms with Crippen molar-refractivity contribution >= 4 is 11.8 Å². The molecule has 2 amide bonds. The lowest BCUT2D eigenvalue weighted by atomic mass is 9.83. The molecule has 0 bridgehead atoms. The summed E-state index contributed by atoms with van der Waals surface area (Å²) in [5.74, 6) is 2.39. The lowest BCUT2D eigenvalue weighted by Crippen LogP contribution is -2.44. The van der Waals surface area contributed by atoms with Crippen LogP contribution < -0.4 is 20.5 Å². The van der Waals surface area contributed by atoms with E-state index in [1.165, 1.54) is 5.56 Å². The predicted octanol–water partition coefficient (Wildman–Crippen LogP) is 5.39. The molecule has 0 heterocycles. The normalized spacial score (nSPS) is 13.5. The van der Waals surface area contributed by atoms with Crippen molar-refractivity contribution in [3.63, 3.8) is 0 Å². The lowest BCUT2D eigenvalue weighted by Gasteiger charge is -2.25. The van der Waals surface area contributed by atoms with E-state index in [4.69, 9.17) is 19.9 Å². The number of rotatable bonds is 19. The zero-order chi connectivity index (χ0) is 28.0. The Morgan fingerprint density at radius 2 is 1.62 bits per heavy atom. The zero-order valence-corrected chi connectivity index (χ0v) is 24.5. The first-order valence-corrected chi connectivity index (χ1v) is 13.8. The number of primary amides is 1. The Morgan fingerprint density at radius 1 is 0.946 bits per heavy atom. The van der Waals surface area contributed by atoms with Gasteiger partial charge in [0, 0.05) is 32.6 Å². The van der Waals surface area contributed by atoms with Gasteiger partial charge < -0.3 is 25.3 Å². The first kappa shape index (κ1) is 32.7. The van der Waals surface area contributed by atoms with Crippen LogP contribution in [-0.2, 0) is 20.7 Å². The standard InChI is InChI=1S/C30H52N2O5/c1-21(2)24(18-23-14-15-26(36-8)27(19-23)37-17-11-16-35-7)12-9-10-13-25(22(3)4)28(33)32-20-30(5,6)29(31)34/h14-15,19,21-22,24-25H,9-13,16-18,20H2,1-8H3,(H2,31,34)(H,32,33). The van der Waals surface area contributed by atoms with Crippen molar-refractivity contribution in [2.75, 3.05) is 34.0 Å². The highest BCUT2D eigenvalue weighted by Crippen LogP contribution is 2.31. The van der Waals surface area contributed by atoms with E-state index in [-0.39, 0.29) is 24.3 Å². The van der Waals surface area contributed by atoms with E-state index >= 15 is 0 Å². The van der Waals surface area contributed by atoms with Crippen LogP contribution in [0.3, 0.4) is 0 Å². The highest BCUT2D eigenvalue weighted by molar-refractivity contribution is 5.82. The topological polar surface area (TPSA) is 99.9 Å². The van der Waals surface area contributed by atoms with Crippen molar-refractivity contribution in [3.8, 4) is 11.5 Å². The summed E-state index contributed by atoms with van der Waals surface area (Å²) in [6.07, 6.45) is 5.82. The molecule has 1 aromatic carbocycles. The number of carbonyl (C=O) groups is 2. The Bertz CT molecular complexity index is 822. The molecule has 0 fully saturated rings. The molecule has 0 spiro atoms. The molecule has 7 heteroatoms. The molecule has 0 radical (unpaired) electrons. The highest BCUT2D eigenvalue weighted by Gasteiger charge is 2.28. The average Bonchev–Trinajstić information content (AvgIpc) is 2.84. The monoisotopic (exact) mass is 520 g/mol. The summed E-state index contributed by atoms with van der Waals surface area (Å²) in [4.78, 5) is 24.4. The average molecular weight is 521 g/mol. The molecular weight excluding hydrogens is 468 g/mol. The number of hydrogen-bond donors (Lipinski definition) is 2. The van der Waals surface area contributed by atoms with Crippen molar-refractivity contribution in [2.45, 2.75) is 80.1 Å². The number of ether oxygens (including phenoxy) is 3. The molecular formula is C30H52N2O5. The van der Waals surface area contributed by atoms with Crippen LogP contribution in [0.4, 0.5) is 0 Å². The van der Waals surface area contributed by atoms with E-state index in [1.807, 2.05) is 6.07 Å². The van der Waals surface area contributed by atoms with Gasteiger partial charge in [-0.1, -0.05) is 46.6 Å². The number of carbonyl (C=O) groups excluding carboxylic acids is 2. The van der Waals surface area contributed by atoms with E-state index < -0.39 is 11.3 Å². The molecule has 1 aromatic rings. The Kier molecular flexibility index (Phi) is 14.6. The van der Waals surface area contributed by atoms with Crippen molar-refractivity contribution in [1.82, 2.24) is 5.32 Å². The maximum absolute atomic E-state index is 12.8. The van der Waals surface area contributed by atoms with Crippen LogP contribution in [0.1, 0.15) is 79.2 Å².